The highest BCUT2D eigenvalue weighted by molar-refractivity contribution is 5.91. The molecular formula is C48H44N2. The van der Waals surface area contributed by atoms with E-state index in [1.807, 2.05) is 0 Å². The maximum Gasteiger partial charge on any atom is 0.0556 e. The lowest BCUT2D eigenvalue weighted by Crippen LogP contribution is -2.34. The van der Waals surface area contributed by atoms with E-state index in [-0.39, 0.29) is 10.8 Å². The Kier molecular flexibility index (Phi) is 7.14. The Morgan fingerprint density at radius 1 is 0.520 bits per heavy atom. The van der Waals surface area contributed by atoms with Crippen molar-refractivity contribution in [2.75, 3.05) is 9.80 Å². The number of fused-ring (bicyclic) bond motifs is 6. The fourth-order valence-electron chi connectivity index (χ4n) is 8.95. The van der Waals surface area contributed by atoms with Gasteiger partial charge in [0.15, 0.2) is 0 Å². The summed E-state index contributed by atoms with van der Waals surface area (Å²) in [4.78, 5) is 4.96. The molecule has 4 aliphatic carbocycles. The maximum absolute atomic E-state index is 2.59. The molecule has 9 rings (SSSR count). The Balaban J connectivity index is 1.13. The van der Waals surface area contributed by atoms with E-state index in [2.05, 4.69) is 189 Å². The molecule has 50 heavy (non-hydrogen) atoms. The van der Waals surface area contributed by atoms with Crippen LogP contribution in [0.1, 0.15) is 69.2 Å². The van der Waals surface area contributed by atoms with E-state index in [0.717, 1.165) is 30.6 Å². The molecule has 2 nitrogen and oxygen atoms in total. The Labute approximate surface area is 297 Å². The van der Waals surface area contributed by atoms with Crippen molar-refractivity contribution in [3.63, 3.8) is 0 Å². The molecule has 246 valence electrons. The zero-order valence-electron chi connectivity index (χ0n) is 29.5. The van der Waals surface area contributed by atoms with Gasteiger partial charge in [-0.2, -0.15) is 0 Å². The van der Waals surface area contributed by atoms with Crippen molar-refractivity contribution in [3.8, 4) is 22.3 Å². The third-order valence-electron chi connectivity index (χ3n) is 11.6. The van der Waals surface area contributed by atoms with Crippen LogP contribution in [0.3, 0.4) is 0 Å². The van der Waals surface area contributed by atoms with Gasteiger partial charge in [0, 0.05) is 39.3 Å². The van der Waals surface area contributed by atoms with Crippen molar-refractivity contribution in [2.45, 2.75) is 63.8 Å². The van der Waals surface area contributed by atoms with Crippen LogP contribution in [0.15, 0.2) is 157 Å². The zero-order valence-corrected chi connectivity index (χ0v) is 29.5. The fourth-order valence-corrected chi connectivity index (χ4v) is 8.95. The molecule has 0 aromatic heterocycles. The molecule has 0 saturated carbocycles. The minimum absolute atomic E-state index is 0.116. The standard InChI is InChI=1S/C48H44N2/c1-47(2)43-29-37(49(33-17-9-5-10-18-33)34-19-11-6-12-20-34)25-27-39(43)41-32-46-42(31-45(41)47)40-28-26-38(30-44(40)48(46,3)4)50(35-21-13-7-14-22-35)36-23-15-8-16-24-36/h5-15,17-21,23,25-32,35H,16,22,24H2,1-4H3. The number of anilines is 4. The van der Waals surface area contributed by atoms with Gasteiger partial charge in [-0.05, 0) is 131 Å². The van der Waals surface area contributed by atoms with Crippen LogP contribution in [-0.2, 0) is 10.8 Å². The number of allylic oxidation sites excluding steroid dienone is 6. The first kappa shape index (κ1) is 30.7. The van der Waals surface area contributed by atoms with E-state index in [1.54, 1.807) is 0 Å². The number of rotatable bonds is 6. The monoisotopic (exact) mass is 648 g/mol. The van der Waals surface area contributed by atoms with Crippen molar-refractivity contribution in [3.05, 3.63) is 180 Å². The zero-order chi connectivity index (χ0) is 34.0. The van der Waals surface area contributed by atoms with E-state index in [9.17, 15) is 0 Å². The summed E-state index contributed by atoms with van der Waals surface area (Å²) < 4.78 is 0. The number of para-hydroxylation sites is 2. The van der Waals surface area contributed by atoms with Crippen LogP contribution in [0.4, 0.5) is 22.7 Å². The lowest BCUT2D eigenvalue weighted by atomic mass is 9.79. The number of hydrogen-bond acceptors (Lipinski definition) is 2. The van der Waals surface area contributed by atoms with Crippen LogP contribution in [0.2, 0.25) is 0 Å². The topological polar surface area (TPSA) is 6.48 Å². The summed E-state index contributed by atoms with van der Waals surface area (Å²) in [6, 6.07) is 41.2. The Bertz CT molecular complexity index is 2210. The van der Waals surface area contributed by atoms with Crippen LogP contribution in [0.25, 0.3) is 22.3 Å². The average Bonchev–Trinajstić information content (AvgIpc) is 3.51. The SMILES string of the molecule is CC1(C)c2cc(N(c3ccccc3)c3ccccc3)ccc2-c2cc3c(cc21)-c1ccc(N(C2=CC=CCC2)C2C=CC=CC2)cc1C3(C)C. The molecule has 0 fully saturated rings. The smallest absolute Gasteiger partial charge is 0.0556 e. The summed E-state index contributed by atoms with van der Waals surface area (Å²) in [5.74, 6) is 0. The van der Waals surface area contributed by atoms with E-state index in [1.165, 1.54) is 61.6 Å². The molecule has 1 atom stereocenters. The fraction of sp³-hybridized carbons (Fsp3) is 0.208. The van der Waals surface area contributed by atoms with E-state index < -0.39 is 0 Å². The highest BCUT2D eigenvalue weighted by Gasteiger charge is 2.42. The minimum Gasteiger partial charge on any atom is -0.338 e. The summed E-state index contributed by atoms with van der Waals surface area (Å²) in [5, 5.41) is 0. The number of hydrogen-bond donors (Lipinski definition) is 0. The van der Waals surface area contributed by atoms with Gasteiger partial charge in [-0.1, -0.05) is 113 Å². The molecule has 5 aromatic rings. The number of benzene rings is 5. The molecule has 0 amide bonds. The molecule has 0 heterocycles. The molecule has 0 radical (unpaired) electrons. The highest BCUT2D eigenvalue weighted by atomic mass is 15.2. The van der Waals surface area contributed by atoms with Gasteiger partial charge in [-0.15, -0.1) is 0 Å². The Morgan fingerprint density at radius 2 is 1.08 bits per heavy atom. The third kappa shape index (κ3) is 4.76. The average molecular weight is 649 g/mol. The summed E-state index contributed by atoms with van der Waals surface area (Å²) in [6.45, 7) is 9.66. The van der Waals surface area contributed by atoms with Crippen molar-refractivity contribution in [1.82, 2.24) is 0 Å². The van der Waals surface area contributed by atoms with Crippen LogP contribution in [0, 0.1) is 0 Å². The Hall–Kier alpha value is -5.34. The maximum atomic E-state index is 2.59. The molecule has 5 aromatic carbocycles. The van der Waals surface area contributed by atoms with Gasteiger partial charge < -0.3 is 9.80 Å². The van der Waals surface area contributed by atoms with Crippen LogP contribution >= 0.6 is 0 Å². The van der Waals surface area contributed by atoms with Gasteiger partial charge in [-0.25, -0.2) is 0 Å². The van der Waals surface area contributed by atoms with Crippen LogP contribution < -0.4 is 9.80 Å². The summed E-state index contributed by atoms with van der Waals surface area (Å²) in [5.41, 5.74) is 17.1. The quantitative estimate of drug-likeness (QED) is 0.181. The predicted molar refractivity (Wildman–Crippen MR) is 212 cm³/mol. The molecule has 4 aliphatic rings. The molecule has 0 spiro atoms. The predicted octanol–water partition coefficient (Wildman–Crippen LogP) is 12.7. The molecular weight excluding hydrogens is 605 g/mol. The van der Waals surface area contributed by atoms with E-state index in [0.29, 0.717) is 6.04 Å². The van der Waals surface area contributed by atoms with Crippen molar-refractivity contribution in [1.29, 1.82) is 0 Å². The molecule has 0 aliphatic heterocycles. The molecule has 2 heteroatoms. The van der Waals surface area contributed by atoms with Gasteiger partial charge in [0.2, 0.25) is 0 Å². The number of nitrogens with zero attached hydrogens (tertiary/aromatic N) is 2. The summed E-state index contributed by atoms with van der Waals surface area (Å²) in [7, 11) is 0. The summed E-state index contributed by atoms with van der Waals surface area (Å²) >= 11 is 0. The van der Waals surface area contributed by atoms with Gasteiger partial charge in [-0.3, -0.25) is 0 Å². The highest BCUT2D eigenvalue weighted by Crippen LogP contribution is 2.57. The second kappa shape index (κ2) is 11.6. The summed E-state index contributed by atoms with van der Waals surface area (Å²) in [6.07, 6.45) is 19.1. The van der Waals surface area contributed by atoms with Gasteiger partial charge in [0.1, 0.15) is 0 Å². The van der Waals surface area contributed by atoms with Gasteiger partial charge >= 0.3 is 0 Å². The normalized spacial score (nSPS) is 18.6. The minimum atomic E-state index is -0.139. The van der Waals surface area contributed by atoms with Gasteiger partial charge in [0.05, 0.1) is 6.04 Å². The molecule has 0 saturated heterocycles. The molecule has 0 N–H and O–H groups in total. The second-order valence-corrected chi connectivity index (χ2v) is 15.3. The van der Waals surface area contributed by atoms with Crippen LogP contribution in [-0.4, -0.2) is 6.04 Å². The largest absolute Gasteiger partial charge is 0.338 e. The third-order valence-corrected chi connectivity index (χ3v) is 11.6. The van der Waals surface area contributed by atoms with Crippen molar-refractivity contribution in [2.24, 2.45) is 0 Å². The lowest BCUT2D eigenvalue weighted by molar-refractivity contribution is 0.651. The van der Waals surface area contributed by atoms with Crippen LogP contribution in [0.5, 0.6) is 0 Å². The molecule has 0 bridgehead atoms. The lowest BCUT2D eigenvalue weighted by Gasteiger charge is -2.36. The van der Waals surface area contributed by atoms with E-state index >= 15 is 0 Å². The van der Waals surface area contributed by atoms with Crippen molar-refractivity contribution >= 4 is 22.7 Å². The first-order valence-corrected chi connectivity index (χ1v) is 18.2. The second-order valence-electron chi connectivity index (χ2n) is 15.3. The van der Waals surface area contributed by atoms with Gasteiger partial charge in [0.25, 0.3) is 0 Å². The first-order valence-electron chi connectivity index (χ1n) is 18.2. The first-order chi connectivity index (χ1) is 24.3. The van der Waals surface area contributed by atoms with E-state index in [4.69, 9.17) is 0 Å². The van der Waals surface area contributed by atoms with Crippen molar-refractivity contribution < 1.29 is 0 Å². The molecule has 1 unspecified atom stereocenters. The Morgan fingerprint density at radius 3 is 1.62 bits per heavy atom.